The number of nitrogen functional groups attached to an aromatic ring is 1. The summed E-state index contributed by atoms with van der Waals surface area (Å²) < 4.78 is 80.2. The van der Waals surface area contributed by atoms with Gasteiger partial charge in [-0.3, -0.25) is 4.57 Å². The van der Waals surface area contributed by atoms with Gasteiger partial charge in [-0.2, -0.15) is 13.2 Å². The summed E-state index contributed by atoms with van der Waals surface area (Å²) in [6.07, 6.45) is -9.40. The average Bonchev–Trinajstić information content (AvgIpc) is 2.80. The van der Waals surface area contributed by atoms with Gasteiger partial charge in [-0.1, -0.05) is 0 Å². The van der Waals surface area contributed by atoms with Gasteiger partial charge in [-0.25, -0.2) is 4.98 Å². The van der Waals surface area contributed by atoms with E-state index >= 15 is 0 Å². The summed E-state index contributed by atoms with van der Waals surface area (Å²) in [5, 5.41) is 0. The first kappa shape index (κ1) is 16.9. The molecule has 0 aliphatic carbocycles. The molecule has 0 saturated heterocycles. The van der Waals surface area contributed by atoms with E-state index < -0.39 is 23.9 Å². The van der Waals surface area contributed by atoms with E-state index in [1.54, 1.807) is 0 Å². The van der Waals surface area contributed by atoms with Crippen molar-refractivity contribution >= 4 is 17.0 Å². The third kappa shape index (κ3) is 3.47. The summed E-state index contributed by atoms with van der Waals surface area (Å²) in [6, 6.07) is 7.45. The molecule has 0 amide bonds. The molecule has 0 atom stereocenters. The first-order chi connectivity index (χ1) is 11.5. The number of ether oxygens (including phenoxy) is 1. The maximum Gasteiger partial charge on any atom is 0.573 e. The van der Waals surface area contributed by atoms with Crippen molar-refractivity contribution in [2.45, 2.75) is 12.5 Å². The Morgan fingerprint density at radius 2 is 1.56 bits per heavy atom. The monoisotopic (exact) mass is 361 g/mol. The van der Waals surface area contributed by atoms with Crippen LogP contribution in [-0.4, -0.2) is 15.9 Å². The van der Waals surface area contributed by atoms with Crippen LogP contribution in [0, 0.1) is 0 Å². The highest BCUT2D eigenvalue weighted by Crippen LogP contribution is 2.33. The molecule has 1 aromatic heterocycles. The molecule has 0 radical (unpaired) electrons. The summed E-state index contributed by atoms with van der Waals surface area (Å²) in [6.45, 7) is 0. The number of nitrogens with zero attached hydrogens (tertiary/aromatic N) is 2. The van der Waals surface area contributed by atoms with E-state index in [1.807, 2.05) is 0 Å². The van der Waals surface area contributed by atoms with Crippen LogP contribution in [0.4, 0.5) is 32.3 Å². The topological polar surface area (TPSA) is 53.1 Å². The van der Waals surface area contributed by atoms with Crippen LogP contribution >= 0.6 is 0 Å². The SMILES string of the molecule is Nc1nc2ccc(C(F)(F)F)cc2n1-c1ccc(OC(F)(F)F)cc1. The number of hydrogen-bond donors (Lipinski definition) is 1. The minimum Gasteiger partial charge on any atom is -0.406 e. The molecular formula is C15H9F6N3O. The maximum absolute atomic E-state index is 12.9. The van der Waals surface area contributed by atoms with Crippen LogP contribution in [-0.2, 0) is 6.18 Å². The van der Waals surface area contributed by atoms with E-state index in [2.05, 4.69) is 9.72 Å². The number of hydrogen-bond acceptors (Lipinski definition) is 3. The predicted molar refractivity (Wildman–Crippen MR) is 77.2 cm³/mol. The molecule has 0 unspecified atom stereocenters. The van der Waals surface area contributed by atoms with Crippen LogP contribution in [0.3, 0.4) is 0 Å². The fourth-order valence-electron chi connectivity index (χ4n) is 2.34. The Balaban J connectivity index is 2.07. The second kappa shape index (κ2) is 5.57. The van der Waals surface area contributed by atoms with Crippen LogP contribution in [0.15, 0.2) is 42.5 Å². The number of anilines is 1. The number of imidazole rings is 1. The van der Waals surface area contributed by atoms with E-state index in [0.29, 0.717) is 0 Å². The molecule has 1 heterocycles. The van der Waals surface area contributed by atoms with Gasteiger partial charge < -0.3 is 10.5 Å². The lowest BCUT2D eigenvalue weighted by atomic mass is 10.2. The lowest BCUT2D eigenvalue weighted by Gasteiger charge is -2.11. The largest absolute Gasteiger partial charge is 0.573 e. The molecular weight excluding hydrogens is 352 g/mol. The Kier molecular flexibility index (Phi) is 3.77. The molecule has 132 valence electrons. The van der Waals surface area contributed by atoms with E-state index in [1.165, 1.54) is 22.8 Å². The summed E-state index contributed by atoms with van der Waals surface area (Å²) in [5.74, 6) is -0.561. The number of halogens is 6. The Hall–Kier alpha value is -2.91. The average molecular weight is 361 g/mol. The molecule has 2 aromatic carbocycles. The normalized spacial score (nSPS) is 12.6. The molecule has 0 saturated carbocycles. The van der Waals surface area contributed by atoms with Crippen molar-refractivity contribution in [3.63, 3.8) is 0 Å². The molecule has 4 nitrogen and oxygen atoms in total. The molecule has 25 heavy (non-hydrogen) atoms. The Morgan fingerprint density at radius 3 is 2.12 bits per heavy atom. The molecule has 3 rings (SSSR count). The number of alkyl halides is 6. The molecule has 3 aromatic rings. The number of nitrogens with two attached hydrogens (primary N) is 1. The number of aromatic nitrogens is 2. The van der Waals surface area contributed by atoms with Crippen molar-refractivity contribution in [3.05, 3.63) is 48.0 Å². The lowest BCUT2D eigenvalue weighted by molar-refractivity contribution is -0.274. The van der Waals surface area contributed by atoms with Crippen LogP contribution < -0.4 is 10.5 Å². The van der Waals surface area contributed by atoms with Gasteiger partial charge in [0.05, 0.1) is 16.6 Å². The van der Waals surface area contributed by atoms with Gasteiger partial charge in [0.1, 0.15) is 5.75 Å². The summed E-state index contributed by atoms with van der Waals surface area (Å²) >= 11 is 0. The smallest absolute Gasteiger partial charge is 0.406 e. The minimum atomic E-state index is -4.84. The highest BCUT2D eigenvalue weighted by atomic mass is 19.4. The van der Waals surface area contributed by atoms with Crippen molar-refractivity contribution in [2.24, 2.45) is 0 Å². The third-order valence-corrected chi connectivity index (χ3v) is 3.34. The van der Waals surface area contributed by atoms with Crippen LogP contribution in [0.1, 0.15) is 5.56 Å². The predicted octanol–water partition coefficient (Wildman–Crippen LogP) is 4.53. The fraction of sp³-hybridized carbons (Fsp3) is 0.133. The van der Waals surface area contributed by atoms with Crippen LogP contribution in [0.5, 0.6) is 5.75 Å². The van der Waals surface area contributed by atoms with Crippen molar-refractivity contribution < 1.29 is 31.1 Å². The Morgan fingerprint density at radius 1 is 0.920 bits per heavy atom. The van der Waals surface area contributed by atoms with Gasteiger partial charge >= 0.3 is 12.5 Å². The summed E-state index contributed by atoms with van der Waals surface area (Å²) in [5.41, 5.74) is 5.40. The number of rotatable bonds is 2. The molecule has 0 fully saturated rings. The second-order valence-corrected chi connectivity index (χ2v) is 5.05. The van der Waals surface area contributed by atoms with Gasteiger partial charge in [0, 0.05) is 5.69 Å². The molecule has 10 heteroatoms. The molecule has 2 N–H and O–H groups in total. The maximum atomic E-state index is 12.9. The first-order valence-electron chi connectivity index (χ1n) is 6.76. The molecule has 0 bridgehead atoms. The summed E-state index contributed by atoms with van der Waals surface area (Å²) in [7, 11) is 0. The van der Waals surface area contributed by atoms with E-state index in [9.17, 15) is 26.3 Å². The van der Waals surface area contributed by atoms with E-state index in [4.69, 9.17) is 5.73 Å². The minimum absolute atomic E-state index is 0.0804. The second-order valence-electron chi connectivity index (χ2n) is 5.05. The highest BCUT2D eigenvalue weighted by Gasteiger charge is 2.32. The quantitative estimate of drug-likeness (QED) is 0.683. The van der Waals surface area contributed by atoms with Gasteiger partial charge in [0.2, 0.25) is 5.95 Å². The van der Waals surface area contributed by atoms with Gasteiger partial charge in [-0.15, -0.1) is 13.2 Å². The van der Waals surface area contributed by atoms with E-state index in [-0.39, 0.29) is 22.7 Å². The van der Waals surface area contributed by atoms with Gasteiger partial charge in [-0.05, 0) is 42.5 Å². The number of benzene rings is 2. The fourth-order valence-corrected chi connectivity index (χ4v) is 2.34. The highest BCUT2D eigenvalue weighted by molar-refractivity contribution is 5.81. The van der Waals surface area contributed by atoms with Gasteiger partial charge in [0.25, 0.3) is 0 Å². The van der Waals surface area contributed by atoms with Crippen molar-refractivity contribution in [1.29, 1.82) is 0 Å². The lowest BCUT2D eigenvalue weighted by Crippen LogP contribution is -2.17. The third-order valence-electron chi connectivity index (χ3n) is 3.34. The molecule has 0 aliphatic rings. The Bertz CT molecular complexity index is 912. The zero-order valence-corrected chi connectivity index (χ0v) is 12.2. The number of fused-ring (bicyclic) bond motifs is 1. The van der Waals surface area contributed by atoms with Crippen molar-refractivity contribution in [3.8, 4) is 11.4 Å². The zero-order valence-electron chi connectivity index (χ0n) is 12.2. The van der Waals surface area contributed by atoms with Crippen molar-refractivity contribution in [2.75, 3.05) is 5.73 Å². The van der Waals surface area contributed by atoms with Crippen LogP contribution in [0.2, 0.25) is 0 Å². The summed E-state index contributed by atoms with van der Waals surface area (Å²) in [4.78, 5) is 3.96. The van der Waals surface area contributed by atoms with Gasteiger partial charge in [0.15, 0.2) is 0 Å². The van der Waals surface area contributed by atoms with Crippen LogP contribution in [0.25, 0.3) is 16.7 Å². The molecule has 0 aliphatic heterocycles. The standard InChI is InChI=1S/C15H9F6N3O/c16-14(17,18)8-1-6-11-12(7-8)24(13(22)23-11)9-2-4-10(5-3-9)25-15(19,20)21/h1-7H,(H2,22,23). The zero-order chi connectivity index (χ0) is 18.4. The van der Waals surface area contributed by atoms with E-state index in [0.717, 1.165) is 24.3 Å². The first-order valence-corrected chi connectivity index (χ1v) is 6.76. The Labute approximate surface area is 136 Å². The molecule has 0 spiro atoms. The van der Waals surface area contributed by atoms with Crippen molar-refractivity contribution in [1.82, 2.24) is 9.55 Å².